The van der Waals surface area contributed by atoms with Crippen LogP contribution in [0.15, 0.2) is 59.5 Å². The minimum absolute atomic E-state index is 0.0180. The lowest BCUT2D eigenvalue weighted by atomic mass is 10.1. The SMILES string of the molecule is CCCNC(=O)[C@H](CC)N(Cc1ccccc1C)C(=O)CSc1ccccc1. The maximum Gasteiger partial charge on any atom is 0.242 e. The predicted molar refractivity (Wildman–Crippen MR) is 116 cm³/mol. The second-order valence-electron chi connectivity index (χ2n) is 6.76. The lowest BCUT2D eigenvalue weighted by Gasteiger charge is -2.31. The molecule has 0 aliphatic rings. The molecule has 1 atom stereocenters. The van der Waals surface area contributed by atoms with Gasteiger partial charge in [-0.3, -0.25) is 9.59 Å². The van der Waals surface area contributed by atoms with E-state index in [1.807, 2.05) is 75.4 Å². The molecule has 0 spiro atoms. The van der Waals surface area contributed by atoms with Crippen molar-refractivity contribution in [3.63, 3.8) is 0 Å². The molecule has 0 unspecified atom stereocenters. The Kier molecular flexibility index (Phi) is 9.08. The normalized spacial score (nSPS) is 11.7. The van der Waals surface area contributed by atoms with Crippen LogP contribution < -0.4 is 5.32 Å². The number of hydrogen-bond acceptors (Lipinski definition) is 3. The molecule has 0 fully saturated rings. The molecule has 0 saturated heterocycles. The van der Waals surface area contributed by atoms with Crippen LogP contribution in [0.2, 0.25) is 0 Å². The summed E-state index contributed by atoms with van der Waals surface area (Å²) in [5.41, 5.74) is 2.20. The summed E-state index contributed by atoms with van der Waals surface area (Å²) in [6.45, 7) is 7.08. The third-order valence-corrected chi connectivity index (χ3v) is 5.64. The molecule has 5 heteroatoms. The quantitative estimate of drug-likeness (QED) is 0.603. The van der Waals surface area contributed by atoms with E-state index in [0.717, 1.165) is 22.4 Å². The third-order valence-electron chi connectivity index (χ3n) is 4.64. The highest BCUT2D eigenvalue weighted by Gasteiger charge is 2.28. The van der Waals surface area contributed by atoms with Gasteiger partial charge in [-0.05, 0) is 43.0 Å². The van der Waals surface area contributed by atoms with Crippen molar-refractivity contribution in [1.82, 2.24) is 10.2 Å². The Hall–Kier alpha value is -2.27. The van der Waals surface area contributed by atoms with Crippen LogP contribution in [-0.4, -0.2) is 35.1 Å². The van der Waals surface area contributed by atoms with E-state index in [0.29, 0.717) is 25.3 Å². The highest BCUT2D eigenvalue weighted by Crippen LogP contribution is 2.21. The average Bonchev–Trinajstić information content (AvgIpc) is 2.72. The highest BCUT2D eigenvalue weighted by atomic mass is 32.2. The van der Waals surface area contributed by atoms with Gasteiger partial charge in [0.15, 0.2) is 0 Å². The van der Waals surface area contributed by atoms with Crippen molar-refractivity contribution in [3.8, 4) is 0 Å². The zero-order chi connectivity index (χ0) is 20.4. The van der Waals surface area contributed by atoms with Crippen molar-refractivity contribution in [1.29, 1.82) is 0 Å². The Morgan fingerprint density at radius 1 is 1.04 bits per heavy atom. The molecule has 28 heavy (non-hydrogen) atoms. The number of hydrogen-bond donors (Lipinski definition) is 1. The fourth-order valence-electron chi connectivity index (χ4n) is 3.00. The van der Waals surface area contributed by atoms with Crippen molar-refractivity contribution < 1.29 is 9.59 Å². The number of nitrogens with zero attached hydrogens (tertiary/aromatic N) is 1. The zero-order valence-electron chi connectivity index (χ0n) is 17.0. The summed E-state index contributed by atoms with van der Waals surface area (Å²) >= 11 is 1.51. The van der Waals surface area contributed by atoms with E-state index in [9.17, 15) is 9.59 Å². The van der Waals surface area contributed by atoms with Crippen LogP contribution in [0.5, 0.6) is 0 Å². The number of carbonyl (C=O) groups excluding carboxylic acids is 2. The molecule has 0 aromatic heterocycles. The Labute approximate surface area is 172 Å². The molecule has 4 nitrogen and oxygen atoms in total. The van der Waals surface area contributed by atoms with Gasteiger partial charge in [0.2, 0.25) is 11.8 Å². The number of nitrogens with one attached hydrogen (secondary N) is 1. The van der Waals surface area contributed by atoms with Gasteiger partial charge in [0.05, 0.1) is 5.75 Å². The number of rotatable bonds is 10. The number of thioether (sulfide) groups is 1. The standard InChI is InChI=1S/C23H30N2O2S/c1-4-15-24-23(27)21(5-2)25(16-19-12-10-9-11-18(19)3)22(26)17-28-20-13-7-6-8-14-20/h6-14,21H,4-5,15-17H2,1-3H3,(H,24,27)/t21-/m0/s1. The molecule has 0 radical (unpaired) electrons. The minimum Gasteiger partial charge on any atom is -0.354 e. The molecule has 150 valence electrons. The van der Waals surface area contributed by atoms with Crippen LogP contribution >= 0.6 is 11.8 Å². The van der Waals surface area contributed by atoms with E-state index in [4.69, 9.17) is 0 Å². The summed E-state index contributed by atoms with van der Waals surface area (Å²) in [6.07, 6.45) is 1.46. The van der Waals surface area contributed by atoms with E-state index in [-0.39, 0.29) is 11.8 Å². The van der Waals surface area contributed by atoms with Crippen LogP contribution in [0.1, 0.15) is 37.8 Å². The smallest absolute Gasteiger partial charge is 0.242 e. The second-order valence-corrected chi connectivity index (χ2v) is 7.81. The zero-order valence-corrected chi connectivity index (χ0v) is 17.8. The van der Waals surface area contributed by atoms with Gasteiger partial charge >= 0.3 is 0 Å². The first-order chi connectivity index (χ1) is 13.6. The van der Waals surface area contributed by atoms with E-state index in [1.54, 1.807) is 4.90 Å². The monoisotopic (exact) mass is 398 g/mol. The van der Waals surface area contributed by atoms with Crippen molar-refractivity contribution in [2.45, 2.75) is 51.1 Å². The molecule has 2 aromatic carbocycles. The first-order valence-corrected chi connectivity index (χ1v) is 10.8. The van der Waals surface area contributed by atoms with E-state index in [2.05, 4.69) is 5.32 Å². The van der Waals surface area contributed by atoms with Gasteiger partial charge in [0.1, 0.15) is 6.04 Å². The van der Waals surface area contributed by atoms with Crippen molar-refractivity contribution in [2.75, 3.05) is 12.3 Å². The molecule has 0 heterocycles. The molecule has 2 aromatic rings. The molecule has 0 bridgehead atoms. The Bertz CT molecular complexity index is 764. The third kappa shape index (κ3) is 6.41. The van der Waals surface area contributed by atoms with Gasteiger partial charge < -0.3 is 10.2 Å². The summed E-state index contributed by atoms with van der Waals surface area (Å²) in [4.78, 5) is 28.6. The van der Waals surface area contributed by atoms with Gasteiger partial charge in [-0.25, -0.2) is 0 Å². The lowest BCUT2D eigenvalue weighted by Crippen LogP contribution is -2.49. The Balaban J connectivity index is 2.19. The second kappa shape index (κ2) is 11.5. The molecule has 2 amide bonds. The molecule has 2 rings (SSSR count). The van der Waals surface area contributed by atoms with Crippen LogP contribution in [0, 0.1) is 6.92 Å². The van der Waals surface area contributed by atoms with Gasteiger partial charge in [-0.2, -0.15) is 0 Å². The van der Waals surface area contributed by atoms with Crippen LogP contribution in [0.3, 0.4) is 0 Å². The van der Waals surface area contributed by atoms with Gasteiger partial charge in [0, 0.05) is 18.0 Å². The summed E-state index contributed by atoms with van der Waals surface area (Å²) in [6, 6.07) is 17.4. The van der Waals surface area contributed by atoms with Crippen LogP contribution in [-0.2, 0) is 16.1 Å². The highest BCUT2D eigenvalue weighted by molar-refractivity contribution is 8.00. The average molecular weight is 399 g/mol. The molecular formula is C23H30N2O2S. The molecule has 0 aliphatic carbocycles. The van der Waals surface area contributed by atoms with Gasteiger partial charge in [0.25, 0.3) is 0 Å². The molecule has 1 N–H and O–H groups in total. The number of benzene rings is 2. The number of amides is 2. The summed E-state index contributed by atoms with van der Waals surface area (Å²) < 4.78 is 0. The molecule has 0 aliphatic heterocycles. The van der Waals surface area contributed by atoms with Crippen LogP contribution in [0.4, 0.5) is 0 Å². The van der Waals surface area contributed by atoms with E-state index < -0.39 is 6.04 Å². The Morgan fingerprint density at radius 2 is 1.71 bits per heavy atom. The number of aryl methyl sites for hydroxylation is 1. The summed E-state index contributed by atoms with van der Waals surface area (Å²) in [7, 11) is 0. The Morgan fingerprint density at radius 3 is 2.36 bits per heavy atom. The van der Waals surface area contributed by atoms with Gasteiger partial charge in [-0.1, -0.05) is 56.3 Å². The largest absolute Gasteiger partial charge is 0.354 e. The van der Waals surface area contributed by atoms with Crippen molar-refractivity contribution in [3.05, 3.63) is 65.7 Å². The fraction of sp³-hybridized carbons (Fsp3) is 0.391. The van der Waals surface area contributed by atoms with E-state index in [1.165, 1.54) is 11.8 Å². The van der Waals surface area contributed by atoms with E-state index >= 15 is 0 Å². The lowest BCUT2D eigenvalue weighted by molar-refractivity contribution is -0.139. The molecule has 0 saturated carbocycles. The maximum atomic E-state index is 13.1. The predicted octanol–water partition coefficient (Wildman–Crippen LogP) is 4.42. The molecular weight excluding hydrogens is 368 g/mol. The topological polar surface area (TPSA) is 49.4 Å². The van der Waals surface area contributed by atoms with Crippen molar-refractivity contribution >= 4 is 23.6 Å². The maximum absolute atomic E-state index is 13.1. The number of carbonyl (C=O) groups is 2. The van der Waals surface area contributed by atoms with Crippen molar-refractivity contribution in [2.24, 2.45) is 0 Å². The summed E-state index contributed by atoms with van der Waals surface area (Å²) in [5.74, 6) is 0.222. The summed E-state index contributed by atoms with van der Waals surface area (Å²) in [5, 5.41) is 2.95. The minimum atomic E-state index is -0.463. The first kappa shape index (κ1) is 22.0. The van der Waals surface area contributed by atoms with Gasteiger partial charge in [-0.15, -0.1) is 11.8 Å². The fourth-order valence-corrected chi connectivity index (χ4v) is 3.81. The van der Waals surface area contributed by atoms with Crippen LogP contribution in [0.25, 0.3) is 0 Å². The first-order valence-electron chi connectivity index (χ1n) is 9.86.